The van der Waals surface area contributed by atoms with Crippen LogP contribution in [0.5, 0.6) is 0 Å². The predicted molar refractivity (Wildman–Crippen MR) is 101 cm³/mol. The van der Waals surface area contributed by atoms with Gasteiger partial charge in [0.05, 0.1) is 5.69 Å². The largest absolute Gasteiger partial charge is 0.290 e. The van der Waals surface area contributed by atoms with Crippen molar-refractivity contribution in [2.24, 2.45) is 0 Å². The Bertz CT molecular complexity index is 791. The van der Waals surface area contributed by atoms with Crippen molar-refractivity contribution < 1.29 is 0 Å². The first-order chi connectivity index (χ1) is 12.1. The molecule has 0 spiro atoms. The van der Waals surface area contributed by atoms with E-state index in [9.17, 15) is 0 Å². The lowest BCUT2D eigenvalue weighted by molar-refractivity contribution is 0.247. The number of nitrogens with zero attached hydrogens (tertiary/aromatic N) is 4. The van der Waals surface area contributed by atoms with Gasteiger partial charge in [-0.1, -0.05) is 29.8 Å². The molecule has 0 fully saturated rings. The molecule has 3 aromatic rings. The summed E-state index contributed by atoms with van der Waals surface area (Å²) in [4.78, 5) is 6.59. The van der Waals surface area contributed by atoms with E-state index in [1.54, 1.807) is 0 Å². The maximum atomic E-state index is 4.59. The van der Waals surface area contributed by atoms with E-state index in [1.807, 2.05) is 17.1 Å². The molecule has 0 aliphatic carbocycles. The van der Waals surface area contributed by atoms with Crippen LogP contribution in [-0.4, -0.2) is 19.7 Å². The van der Waals surface area contributed by atoms with Crippen LogP contribution in [0.2, 0.25) is 0 Å². The van der Waals surface area contributed by atoms with Crippen molar-refractivity contribution in [2.75, 3.05) is 0 Å². The second kappa shape index (κ2) is 8.08. The van der Waals surface area contributed by atoms with E-state index in [1.165, 1.54) is 22.3 Å². The normalized spacial score (nSPS) is 11.2. The smallest absolute Gasteiger partial charge is 0.0638 e. The third-order valence-electron chi connectivity index (χ3n) is 4.45. The third kappa shape index (κ3) is 4.77. The minimum Gasteiger partial charge on any atom is -0.290 e. The van der Waals surface area contributed by atoms with Crippen LogP contribution in [0, 0.1) is 13.8 Å². The second-order valence-electron chi connectivity index (χ2n) is 6.58. The summed E-state index contributed by atoms with van der Waals surface area (Å²) in [6.45, 7) is 9.95. The molecular weight excluding hydrogens is 308 g/mol. The molecule has 2 heterocycles. The Hall–Kier alpha value is -2.46. The van der Waals surface area contributed by atoms with Gasteiger partial charge in [-0.2, -0.15) is 5.10 Å². The molecule has 4 heteroatoms. The van der Waals surface area contributed by atoms with Crippen molar-refractivity contribution in [3.05, 3.63) is 82.9 Å². The zero-order chi connectivity index (χ0) is 17.6. The summed E-state index contributed by atoms with van der Waals surface area (Å²) in [5.41, 5.74) is 6.32. The van der Waals surface area contributed by atoms with Crippen molar-refractivity contribution in [3.63, 3.8) is 0 Å². The molecule has 0 N–H and O–H groups in total. The summed E-state index contributed by atoms with van der Waals surface area (Å²) < 4.78 is 2.02. The molecular formula is C21H26N4. The van der Waals surface area contributed by atoms with Gasteiger partial charge in [0.2, 0.25) is 0 Å². The minimum atomic E-state index is 0.891. The number of hydrogen-bond donors (Lipinski definition) is 0. The second-order valence-corrected chi connectivity index (χ2v) is 6.58. The average molecular weight is 334 g/mol. The Morgan fingerprint density at radius 1 is 0.880 bits per heavy atom. The van der Waals surface area contributed by atoms with E-state index < -0.39 is 0 Å². The molecule has 0 saturated heterocycles. The van der Waals surface area contributed by atoms with Crippen LogP contribution in [0.3, 0.4) is 0 Å². The van der Waals surface area contributed by atoms with Gasteiger partial charge in [0.15, 0.2) is 0 Å². The molecule has 0 saturated carbocycles. The summed E-state index contributed by atoms with van der Waals surface area (Å²) >= 11 is 0. The summed E-state index contributed by atoms with van der Waals surface area (Å²) in [7, 11) is 0. The molecule has 0 aliphatic heterocycles. The van der Waals surface area contributed by atoms with E-state index in [-0.39, 0.29) is 0 Å². The average Bonchev–Trinajstić information content (AvgIpc) is 2.98. The third-order valence-corrected chi connectivity index (χ3v) is 4.45. The molecule has 1 aromatic carbocycles. The fourth-order valence-corrected chi connectivity index (χ4v) is 2.98. The van der Waals surface area contributed by atoms with Gasteiger partial charge in [-0.05, 0) is 44.0 Å². The standard InChI is InChI=1S/C21H26N4/c1-4-25-16-21(18(3)23-25)15-24(14-20-9-11-22-12-10-20)13-19-7-5-17(2)6-8-19/h5-12,16H,4,13-15H2,1-3H3. The molecule has 25 heavy (non-hydrogen) atoms. The van der Waals surface area contributed by atoms with Gasteiger partial charge in [-0.25, -0.2) is 0 Å². The van der Waals surface area contributed by atoms with Gasteiger partial charge >= 0.3 is 0 Å². The van der Waals surface area contributed by atoms with Crippen LogP contribution >= 0.6 is 0 Å². The zero-order valence-corrected chi connectivity index (χ0v) is 15.3. The quantitative estimate of drug-likeness (QED) is 0.652. The van der Waals surface area contributed by atoms with E-state index >= 15 is 0 Å². The number of benzene rings is 1. The minimum absolute atomic E-state index is 0.891. The first-order valence-corrected chi connectivity index (χ1v) is 8.83. The zero-order valence-electron chi connectivity index (χ0n) is 15.3. The van der Waals surface area contributed by atoms with Gasteiger partial charge in [-0.15, -0.1) is 0 Å². The van der Waals surface area contributed by atoms with Crippen molar-refractivity contribution in [2.45, 2.75) is 47.0 Å². The molecule has 0 atom stereocenters. The SMILES string of the molecule is CCn1cc(CN(Cc2ccncc2)Cc2ccc(C)cc2)c(C)n1. The molecule has 0 amide bonds. The molecule has 4 nitrogen and oxygen atoms in total. The molecule has 3 rings (SSSR count). The first-order valence-electron chi connectivity index (χ1n) is 8.83. The maximum Gasteiger partial charge on any atom is 0.0638 e. The molecule has 0 unspecified atom stereocenters. The Morgan fingerprint density at radius 3 is 2.12 bits per heavy atom. The van der Waals surface area contributed by atoms with Gasteiger partial charge in [0.1, 0.15) is 0 Å². The molecule has 2 aromatic heterocycles. The van der Waals surface area contributed by atoms with Crippen LogP contribution in [0.25, 0.3) is 0 Å². The molecule has 0 bridgehead atoms. The topological polar surface area (TPSA) is 34.0 Å². The van der Waals surface area contributed by atoms with Gasteiger partial charge in [0, 0.05) is 50.3 Å². The lowest BCUT2D eigenvalue weighted by Gasteiger charge is -2.22. The fourth-order valence-electron chi connectivity index (χ4n) is 2.98. The maximum absolute atomic E-state index is 4.59. The van der Waals surface area contributed by atoms with Gasteiger partial charge in [-0.3, -0.25) is 14.6 Å². The van der Waals surface area contributed by atoms with Crippen LogP contribution in [0.1, 0.15) is 34.9 Å². The Balaban J connectivity index is 1.80. The number of aryl methyl sites for hydroxylation is 3. The van der Waals surface area contributed by atoms with E-state index in [0.717, 1.165) is 31.9 Å². The highest BCUT2D eigenvalue weighted by atomic mass is 15.3. The highest BCUT2D eigenvalue weighted by Gasteiger charge is 2.12. The van der Waals surface area contributed by atoms with Crippen molar-refractivity contribution >= 4 is 0 Å². The first kappa shape index (κ1) is 17.4. The van der Waals surface area contributed by atoms with Crippen LogP contribution in [0.4, 0.5) is 0 Å². The summed E-state index contributed by atoms with van der Waals surface area (Å²) in [6.07, 6.45) is 5.89. The van der Waals surface area contributed by atoms with Gasteiger partial charge in [0.25, 0.3) is 0 Å². The lowest BCUT2D eigenvalue weighted by Crippen LogP contribution is -2.22. The predicted octanol–water partition coefficient (Wildman–Crippen LogP) is 4.12. The number of pyridine rings is 1. The molecule has 130 valence electrons. The number of hydrogen-bond acceptors (Lipinski definition) is 3. The van der Waals surface area contributed by atoms with Crippen LogP contribution in [0.15, 0.2) is 55.0 Å². The van der Waals surface area contributed by atoms with E-state index in [4.69, 9.17) is 0 Å². The Labute approximate surface area is 150 Å². The van der Waals surface area contributed by atoms with Gasteiger partial charge < -0.3 is 0 Å². The van der Waals surface area contributed by atoms with E-state index in [0.29, 0.717) is 0 Å². The molecule has 0 aliphatic rings. The van der Waals surface area contributed by atoms with E-state index in [2.05, 4.69) is 78.3 Å². The van der Waals surface area contributed by atoms with Crippen molar-refractivity contribution in [1.82, 2.24) is 19.7 Å². The highest BCUT2D eigenvalue weighted by molar-refractivity contribution is 5.22. The Kier molecular flexibility index (Phi) is 5.61. The summed E-state index contributed by atoms with van der Waals surface area (Å²) in [6, 6.07) is 13.0. The fraction of sp³-hybridized carbons (Fsp3) is 0.333. The van der Waals surface area contributed by atoms with Crippen LogP contribution in [-0.2, 0) is 26.2 Å². The molecule has 0 radical (unpaired) electrons. The van der Waals surface area contributed by atoms with Crippen molar-refractivity contribution in [1.29, 1.82) is 0 Å². The summed E-state index contributed by atoms with van der Waals surface area (Å²) in [5, 5.41) is 4.59. The monoisotopic (exact) mass is 334 g/mol. The van der Waals surface area contributed by atoms with Crippen LogP contribution < -0.4 is 0 Å². The Morgan fingerprint density at radius 2 is 1.52 bits per heavy atom. The lowest BCUT2D eigenvalue weighted by atomic mass is 10.1. The summed E-state index contributed by atoms with van der Waals surface area (Å²) in [5.74, 6) is 0. The number of rotatable bonds is 7. The highest BCUT2D eigenvalue weighted by Crippen LogP contribution is 2.16. The van der Waals surface area contributed by atoms with Crippen molar-refractivity contribution in [3.8, 4) is 0 Å². The number of aromatic nitrogens is 3.